The molecule has 0 spiro atoms. The number of aryl methyl sites for hydroxylation is 1. The summed E-state index contributed by atoms with van der Waals surface area (Å²) in [6, 6.07) is 8.62. The molecule has 1 unspecified atom stereocenters. The van der Waals surface area contributed by atoms with E-state index in [2.05, 4.69) is 16.0 Å². The fraction of sp³-hybridized carbons (Fsp3) is 0.471. The van der Waals surface area contributed by atoms with Crippen LogP contribution >= 0.6 is 0 Å². The van der Waals surface area contributed by atoms with Gasteiger partial charge in [0.25, 0.3) is 0 Å². The van der Waals surface area contributed by atoms with Crippen molar-refractivity contribution >= 4 is 22.3 Å². The molecular formula is C17H23N3O. The number of rotatable bonds is 4. The largest absolute Gasteiger partial charge is 0.399 e. The Morgan fingerprint density at radius 3 is 3.05 bits per heavy atom. The molecule has 112 valence electrons. The predicted molar refractivity (Wildman–Crippen MR) is 87.6 cm³/mol. The van der Waals surface area contributed by atoms with E-state index in [-0.39, 0.29) is 6.61 Å². The number of nitrogens with zero attached hydrogens (tertiary/aromatic N) is 2. The first-order valence-corrected chi connectivity index (χ1v) is 7.73. The van der Waals surface area contributed by atoms with E-state index in [0.29, 0.717) is 6.04 Å². The second-order valence-corrected chi connectivity index (χ2v) is 5.91. The number of anilines is 2. The minimum Gasteiger partial charge on any atom is -0.399 e. The molecule has 2 heterocycles. The van der Waals surface area contributed by atoms with Gasteiger partial charge in [0, 0.05) is 41.6 Å². The number of nitrogen functional groups attached to an aromatic ring is 1. The first-order chi connectivity index (χ1) is 10.2. The lowest BCUT2D eigenvalue weighted by Gasteiger charge is -2.28. The lowest BCUT2D eigenvalue weighted by atomic mass is 10.1. The van der Waals surface area contributed by atoms with E-state index in [4.69, 9.17) is 10.8 Å². The van der Waals surface area contributed by atoms with E-state index in [9.17, 15) is 0 Å². The van der Waals surface area contributed by atoms with Crippen molar-refractivity contribution < 1.29 is 5.11 Å². The van der Waals surface area contributed by atoms with E-state index in [1.165, 1.54) is 18.5 Å². The molecule has 4 heteroatoms. The molecule has 2 aromatic rings. The van der Waals surface area contributed by atoms with E-state index in [1.54, 1.807) is 0 Å². The van der Waals surface area contributed by atoms with Gasteiger partial charge in [-0.15, -0.1) is 0 Å². The van der Waals surface area contributed by atoms with Gasteiger partial charge >= 0.3 is 0 Å². The quantitative estimate of drug-likeness (QED) is 0.848. The van der Waals surface area contributed by atoms with E-state index in [1.807, 2.05) is 25.1 Å². The summed E-state index contributed by atoms with van der Waals surface area (Å²) >= 11 is 0. The van der Waals surface area contributed by atoms with Gasteiger partial charge in [0.05, 0.1) is 5.52 Å². The molecule has 0 bridgehead atoms. The van der Waals surface area contributed by atoms with Gasteiger partial charge in [-0.2, -0.15) is 0 Å². The number of fused-ring (bicyclic) bond motifs is 1. The van der Waals surface area contributed by atoms with Crippen LogP contribution in [0, 0.1) is 6.92 Å². The van der Waals surface area contributed by atoms with E-state index >= 15 is 0 Å². The molecule has 0 saturated carbocycles. The molecule has 1 aliphatic rings. The minimum atomic E-state index is 0.271. The molecular weight excluding hydrogens is 262 g/mol. The van der Waals surface area contributed by atoms with Crippen LogP contribution in [0.3, 0.4) is 0 Å². The Kier molecular flexibility index (Phi) is 3.97. The summed E-state index contributed by atoms with van der Waals surface area (Å²) in [5.74, 6) is 0. The van der Waals surface area contributed by atoms with Gasteiger partial charge in [-0.05, 0) is 56.9 Å². The standard InChI is InChI=1S/C17H23N3O/c1-12-10-17(15-11-13(18)6-7-16(15)19-12)20-8-2-4-14(20)5-3-9-21/h6-7,10-11,14,21H,2-5,8-9,18H2,1H3. The number of pyridine rings is 1. The summed E-state index contributed by atoms with van der Waals surface area (Å²) in [4.78, 5) is 7.09. The third-order valence-electron chi connectivity index (χ3n) is 4.32. The summed E-state index contributed by atoms with van der Waals surface area (Å²) in [6.45, 7) is 3.38. The fourth-order valence-corrected chi connectivity index (χ4v) is 3.37. The first kappa shape index (κ1) is 14.1. The van der Waals surface area contributed by atoms with E-state index < -0.39 is 0 Å². The third kappa shape index (κ3) is 2.81. The number of hydrogen-bond donors (Lipinski definition) is 2. The average Bonchev–Trinajstić information content (AvgIpc) is 2.93. The van der Waals surface area contributed by atoms with Crippen molar-refractivity contribution in [2.75, 3.05) is 23.8 Å². The Bertz CT molecular complexity index is 641. The normalized spacial score (nSPS) is 18.6. The molecule has 0 radical (unpaired) electrons. The molecule has 1 aromatic heterocycles. The molecule has 1 fully saturated rings. The molecule has 1 aromatic carbocycles. The van der Waals surface area contributed by atoms with Crippen molar-refractivity contribution in [3.63, 3.8) is 0 Å². The topological polar surface area (TPSA) is 62.4 Å². The maximum Gasteiger partial charge on any atom is 0.0727 e. The van der Waals surface area contributed by atoms with Crippen molar-refractivity contribution in [3.05, 3.63) is 30.0 Å². The number of hydrogen-bond acceptors (Lipinski definition) is 4. The second-order valence-electron chi connectivity index (χ2n) is 5.91. The second kappa shape index (κ2) is 5.90. The van der Waals surface area contributed by atoms with Gasteiger partial charge in [0.1, 0.15) is 0 Å². The molecule has 1 atom stereocenters. The summed E-state index contributed by atoms with van der Waals surface area (Å²) in [6.07, 6.45) is 4.32. The fourth-order valence-electron chi connectivity index (χ4n) is 3.37. The Hall–Kier alpha value is -1.81. The van der Waals surface area contributed by atoms with Crippen molar-refractivity contribution in [2.45, 2.75) is 38.6 Å². The Balaban J connectivity index is 2.04. The third-order valence-corrected chi connectivity index (χ3v) is 4.32. The summed E-state index contributed by atoms with van der Waals surface area (Å²) in [5, 5.41) is 10.2. The molecule has 0 amide bonds. The zero-order valence-electron chi connectivity index (χ0n) is 12.5. The lowest BCUT2D eigenvalue weighted by molar-refractivity contribution is 0.279. The smallest absolute Gasteiger partial charge is 0.0727 e. The summed E-state index contributed by atoms with van der Waals surface area (Å²) in [5.41, 5.74) is 10.0. The highest BCUT2D eigenvalue weighted by Crippen LogP contribution is 2.34. The molecule has 1 saturated heterocycles. The number of aliphatic hydroxyl groups is 1. The van der Waals surface area contributed by atoms with Crippen molar-refractivity contribution in [3.8, 4) is 0 Å². The van der Waals surface area contributed by atoms with Gasteiger partial charge in [0.15, 0.2) is 0 Å². The highest BCUT2D eigenvalue weighted by molar-refractivity contribution is 5.94. The van der Waals surface area contributed by atoms with Gasteiger partial charge in [0.2, 0.25) is 0 Å². The SMILES string of the molecule is Cc1cc(N2CCCC2CCCO)c2cc(N)ccc2n1. The van der Waals surface area contributed by atoms with Crippen molar-refractivity contribution in [2.24, 2.45) is 0 Å². The highest BCUT2D eigenvalue weighted by atomic mass is 16.2. The number of nitrogens with two attached hydrogens (primary N) is 1. The monoisotopic (exact) mass is 285 g/mol. The van der Waals surface area contributed by atoms with Gasteiger partial charge in [-0.1, -0.05) is 0 Å². The van der Waals surface area contributed by atoms with Crippen LogP contribution in [0.25, 0.3) is 10.9 Å². The Morgan fingerprint density at radius 1 is 1.38 bits per heavy atom. The molecule has 3 N–H and O–H groups in total. The van der Waals surface area contributed by atoms with Crippen LogP contribution in [0.15, 0.2) is 24.3 Å². The van der Waals surface area contributed by atoms with Crippen LogP contribution in [0.4, 0.5) is 11.4 Å². The van der Waals surface area contributed by atoms with Crippen LogP contribution in [0.1, 0.15) is 31.4 Å². The van der Waals surface area contributed by atoms with Gasteiger partial charge in [-0.25, -0.2) is 0 Å². The average molecular weight is 285 g/mol. The van der Waals surface area contributed by atoms with Crippen molar-refractivity contribution in [1.29, 1.82) is 0 Å². The number of aliphatic hydroxyl groups excluding tert-OH is 1. The zero-order chi connectivity index (χ0) is 14.8. The van der Waals surface area contributed by atoms with Crippen LogP contribution in [-0.4, -0.2) is 29.3 Å². The molecule has 21 heavy (non-hydrogen) atoms. The van der Waals surface area contributed by atoms with E-state index in [0.717, 1.165) is 41.7 Å². The number of benzene rings is 1. The van der Waals surface area contributed by atoms with Crippen LogP contribution in [0.5, 0.6) is 0 Å². The van der Waals surface area contributed by atoms with Crippen LogP contribution in [-0.2, 0) is 0 Å². The number of aromatic nitrogens is 1. The van der Waals surface area contributed by atoms with Gasteiger partial charge in [-0.3, -0.25) is 4.98 Å². The summed E-state index contributed by atoms with van der Waals surface area (Å²) in [7, 11) is 0. The predicted octanol–water partition coefficient (Wildman–Crippen LogP) is 2.87. The Labute approximate surface area is 125 Å². The molecule has 4 nitrogen and oxygen atoms in total. The summed E-state index contributed by atoms with van der Waals surface area (Å²) < 4.78 is 0. The highest BCUT2D eigenvalue weighted by Gasteiger charge is 2.25. The zero-order valence-corrected chi connectivity index (χ0v) is 12.5. The maximum absolute atomic E-state index is 9.09. The van der Waals surface area contributed by atoms with Crippen LogP contribution in [0.2, 0.25) is 0 Å². The Morgan fingerprint density at radius 2 is 2.24 bits per heavy atom. The first-order valence-electron chi connectivity index (χ1n) is 7.73. The lowest BCUT2D eigenvalue weighted by Crippen LogP contribution is -2.29. The molecule has 3 rings (SSSR count). The van der Waals surface area contributed by atoms with Crippen LogP contribution < -0.4 is 10.6 Å². The van der Waals surface area contributed by atoms with Gasteiger partial charge < -0.3 is 15.7 Å². The molecule has 0 aliphatic carbocycles. The maximum atomic E-state index is 9.09. The minimum absolute atomic E-state index is 0.271. The molecule has 1 aliphatic heterocycles. The van der Waals surface area contributed by atoms with Crippen molar-refractivity contribution in [1.82, 2.24) is 4.98 Å².